The smallest absolute Gasteiger partial charge is 0.128 e. The average molecular weight is 564 g/mol. The molecule has 1 aliphatic carbocycles. The number of aryl methyl sites for hydroxylation is 1. The first-order valence-electron chi connectivity index (χ1n) is 15.1. The fourth-order valence-electron chi connectivity index (χ4n) is 6.13. The lowest BCUT2D eigenvalue weighted by molar-refractivity contribution is 0.0443. The maximum atomic E-state index is 6.49. The number of benzene rings is 1. The Morgan fingerprint density at radius 3 is 2.67 bits per heavy atom. The van der Waals surface area contributed by atoms with Crippen molar-refractivity contribution in [2.45, 2.75) is 51.6 Å². The Labute approximate surface area is 248 Å². The van der Waals surface area contributed by atoms with E-state index in [0.29, 0.717) is 12.2 Å². The number of nitrogen functional groups attached to an aromatic ring is 1. The van der Waals surface area contributed by atoms with Crippen LogP contribution < -0.4 is 21.7 Å². The molecule has 3 aromatic rings. The maximum absolute atomic E-state index is 6.49. The van der Waals surface area contributed by atoms with Crippen molar-refractivity contribution >= 4 is 22.4 Å². The van der Waals surface area contributed by atoms with Crippen LogP contribution in [-0.4, -0.2) is 60.4 Å². The number of hydrogen-bond acceptors (Lipinski definition) is 8. The van der Waals surface area contributed by atoms with Gasteiger partial charge in [-0.25, -0.2) is 9.97 Å². The number of rotatable bonds is 7. The Bertz CT molecular complexity index is 1540. The number of aromatic nitrogens is 2. The number of nitrogens with one attached hydrogen (secondary N) is 3. The predicted molar refractivity (Wildman–Crippen MR) is 170 cm³/mol. The fraction of sp³-hybridized carbons (Fsp3) is 0.412. The van der Waals surface area contributed by atoms with Gasteiger partial charge in [0.2, 0.25) is 0 Å². The highest BCUT2D eigenvalue weighted by atomic mass is 16.5. The van der Waals surface area contributed by atoms with Crippen LogP contribution in [0.4, 0.5) is 5.82 Å². The number of morpholine rings is 1. The van der Waals surface area contributed by atoms with Crippen molar-refractivity contribution in [3.8, 4) is 23.1 Å². The van der Waals surface area contributed by atoms with Crippen molar-refractivity contribution in [2.24, 2.45) is 0 Å². The monoisotopic (exact) mass is 563 g/mol. The summed E-state index contributed by atoms with van der Waals surface area (Å²) in [7, 11) is 0. The summed E-state index contributed by atoms with van der Waals surface area (Å²) in [5.41, 5.74) is 16.4. The Morgan fingerprint density at radius 1 is 1.12 bits per heavy atom. The number of fused-ring (bicyclic) bond motifs is 3. The third-order valence-corrected chi connectivity index (χ3v) is 8.46. The van der Waals surface area contributed by atoms with Crippen molar-refractivity contribution in [1.29, 1.82) is 0 Å². The standard InChI is InChI=1S/C34H41N7O/c1-23-20-37-31(39-23)22-36-24(2)25-11-13-26(14-12-25)33-28-9-5-3-4-8-27(28)32-29(34(35)38-21-30(32)40-33)10-6-7-15-41-16-18-42-19-17-41/h11-14,20-21,31,36-37,39H,2-5,8-10,15-19,22H2,1H3,(H2,35,38). The average Bonchev–Trinajstić information content (AvgIpc) is 3.28. The topological polar surface area (TPSA) is 100 Å². The molecule has 1 fully saturated rings. The van der Waals surface area contributed by atoms with Gasteiger partial charge < -0.3 is 26.4 Å². The molecule has 1 unspecified atom stereocenters. The predicted octanol–water partition coefficient (Wildman–Crippen LogP) is 3.97. The van der Waals surface area contributed by atoms with Crippen molar-refractivity contribution in [1.82, 2.24) is 30.8 Å². The molecule has 0 bridgehead atoms. The minimum atomic E-state index is 0.168. The number of pyridine rings is 2. The van der Waals surface area contributed by atoms with Gasteiger partial charge in [-0.15, -0.1) is 0 Å². The van der Waals surface area contributed by atoms with Crippen LogP contribution in [0.3, 0.4) is 0 Å². The third-order valence-electron chi connectivity index (χ3n) is 8.46. The molecule has 0 amide bonds. The van der Waals surface area contributed by atoms with Crippen LogP contribution in [0, 0.1) is 11.8 Å². The molecular weight excluding hydrogens is 522 g/mol. The molecule has 42 heavy (non-hydrogen) atoms. The van der Waals surface area contributed by atoms with Gasteiger partial charge in [0.05, 0.1) is 43.7 Å². The summed E-state index contributed by atoms with van der Waals surface area (Å²) in [5.74, 6) is 7.32. The highest BCUT2D eigenvalue weighted by molar-refractivity contribution is 5.92. The molecule has 1 aromatic carbocycles. The molecule has 3 aliphatic rings. The molecule has 8 heteroatoms. The van der Waals surface area contributed by atoms with E-state index in [0.717, 1.165) is 96.9 Å². The van der Waals surface area contributed by atoms with Crippen LogP contribution in [0.5, 0.6) is 0 Å². The zero-order valence-electron chi connectivity index (χ0n) is 24.6. The first kappa shape index (κ1) is 28.1. The summed E-state index contributed by atoms with van der Waals surface area (Å²) >= 11 is 0. The van der Waals surface area contributed by atoms with Crippen LogP contribution >= 0.6 is 0 Å². The SMILES string of the molecule is C=C(NCC1NC=C(C)N1)c1ccc(-c2nc3cnc(N)c(CC#CCN4CCOCC4)c3c3c2CCCCC3)cc1. The van der Waals surface area contributed by atoms with Gasteiger partial charge in [-0.05, 0) is 49.3 Å². The molecule has 6 rings (SSSR count). The second-order valence-electron chi connectivity index (χ2n) is 11.4. The van der Waals surface area contributed by atoms with E-state index in [-0.39, 0.29) is 6.17 Å². The van der Waals surface area contributed by atoms with Gasteiger partial charge in [0.25, 0.3) is 0 Å². The van der Waals surface area contributed by atoms with Crippen molar-refractivity contribution in [2.75, 3.05) is 45.1 Å². The van der Waals surface area contributed by atoms with Gasteiger partial charge in [-0.3, -0.25) is 4.90 Å². The largest absolute Gasteiger partial charge is 0.383 e. The van der Waals surface area contributed by atoms with Gasteiger partial charge in [0, 0.05) is 53.6 Å². The molecule has 0 saturated carbocycles. The normalized spacial score (nSPS) is 18.6. The number of allylic oxidation sites excluding steroid dienone is 1. The highest BCUT2D eigenvalue weighted by Crippen LogP contribution is 2.37. The number of nitrogens with two attached hydrogens (primary N) is 1. The lowest BCUT2D eigenvalue weighted by Gasteiger charge is -2.24. The van der Waals surface area contributed by atoms with E-state index >= 15 is 0 Å². The van der Waals surface area contributed by atoms with Crippen LogP contribution in [0.25, 0.3) is 27.9 Å². The van der Waals surface area contributed by atoms with Gasteiger partial charge in [-0.1, -0.05) is 49.1 Å². The third kappa shape index (κ3) is 6.23. The molecular formula is C34H41N7O. The number of ether oxygens (including phenoxy) is 1. The van der Waals surface area contributed by atoms with E-state index in [2.05, 4.69) is 75.4 Å². The molecule has 218 valence electrons. The van der Waals surface area contributed by atoms with E-state index in [1.165, 1.54) is 30.4 Å². The maximum Gasteiger partial charge on any atom is 0.128 e. The Kier molecular flexibility index (Phi) is 8.59. The van der Waals surface area contributed by atoms with Crippen molar-refractivity contribution < 1.29 is 4.74 Å². The zero-order chi connectivity index (χ0) is 28.9. The molecule has 2 aliphatic heterocycles. The van der Waals surface area contributed by atoms with Crippen LogP contribution in [-0.2, 0) is 24.0 Å². The lowest BCUT2D eigenvalue weighted by atomic mass is 9.91. The first-order valence-corrected chi connectivity index (χ1v) is 15.1. The minimum Gasteiger partial charge on any atom is -0.383 e. The van der Waals surface area contributed by atoms with Gasteiger partial charge in [0.1, 0.15) is 12.0 Å². The summed E-state index contributed by atoms with van der Waals surface area (Å²) in [5, 5.41) is 11.3. The lowest BCUT2D eigenvalue weighted by Crippen LogP contribution is -2.40. The number of nitrogens with zero attached hydrogens (tertiary/aromatic N) is 3. The summed E-state index contributed by atoms with van der Waals surface area (Å²) < 4.78 is 5.46. The fourth-order valence-corrected chi connectivity index (χ4v) is 6.13. The molecule has 4 heterocycles. The molecule has 2 aromatic heterocycles. The molecule has 0 radical (unpaired) electrons. The second kappa shape index (κ2) is 12.8. The number of hydrogen-bond donors (Lipinski definition) is 4. The van der Waals surface area contributed by atoms with E-state index in [1.807, 2.05) is 12.4 Å². The van der Waals surface area contributed by atoms with E-state index in [1.54, 1.807) is 0 Å². The van der Waals surface area contributed by atoms with Crippen molar-refractivity contribution in [3.05, 3.63) is 71.2 Å². The van der Waals surface area contributed by atoms with E-state index in [4.69, 9.17) is 15.5 Å². The molecule has 5 N–H and O–H groups in total. The molecule has 1 saturated heterocycles. The molecule has 1 atom stereocenters. The Morgan fingerprint density at radius 2 is 1.90 bits per heavy atom. The molecule has 0 spiro atoms. The minimum absolute atomic E-state index is 0.168. The summed E-state index contributed by atoms with van der Waals surface area (Å²) in [6, 6.07) is 8.61. The van der Waals surface area contributed by atoms with Crippen LogP contribution in [0.1, 0.15) is 48.4 Å². The van der Waals surface area contributed by atoms with Crippen LogP contribution in [0.2, 0.25) is 0 Å². The van der Waals surface area contributed by atoms with Gasteiger partial charge >= 0.3 is 0 Å². The van der Waals surface area contributed by atoms with Gasteiger partial charge in [-0.2, -0.15) is 0 Å². The quantitative estimate of drug-likeness (QED) is 0.253. The van der Waals surface area contributed by atoms with Crippen LogP contribution in [0.15, 0.2) is 48.9 Å². The zero-order valence-corrected chi connectivity index (χ0v) is 24.6. The summed E-state index contributed by atoms with van der Waals surface area (Å²) in [6.45, 7) is 11.2. The first-order chi connectivity index (χ1) is 20.6. The Balaban J connectivity index is 1.27. The summed E-state index contributed by atoms with van der Waals surface area (Å²) in [6.07, 6.45) is 10.2. The number of anilines is 1. The molecule has 8 nitrogen and oxygen atoms in total. The van der Waals surface area contributed by atoms with E-state index in [9.17, 15) is 0 Å². The summed E-state index contributed by atoms with van der Waals surface area (Å²) in [4.78, 5) is 12.1. The van der Waals surface area contributed by atoms with Gasteiger partial charge in [0.15, 0.2) is 0 Å². The highest BCUT2D eigenvalue weighted by Gasteiger charge is 2.22. The second-order valence-corrected chi connectivity index (χ2v) is 11.4. The Hall–Kier alpha value is -4.06. The van der Waals surface area contributed by atoms with Crippen molar-refractivity contribution in [3.63, 3.8) is 0 Å². The van der Waals surface area contributed by atoms with E-state index < -0.39 is 0 Å².